The molecule has 0 amide bonds. The minimum Gasteiger partial charge on any atom is -0.378 e. The van der Waals surface area contributed by atoms with Gasteiger partial charge in [0.2, 0.25) is 10.0 Å². The first-order valence-electron chi connectivity index (χ1n) is 6.06. The van der Waals surface area contributed by atoms with Gasteiger partial charge in [-0.15, -0.1) is 0 Å². The first-order chi connectivity index (χ1) is 7.83. The zero-order valence-electron chi connectivity index (χ0n) is 10.7. The van der Waals surface area contributed by atoms with Gasteiger partial charge < -0.3 is 4.74 Å². The van der Waals surface area contributed by atoms with E-state index in [1.165, 1.54) is 0 Å². The van der Waals surface area contributed by atoms with Crippen molar-refractivity contribution in [1.82, 2.24) is 4.31 Å². The minimum atomic E-state index is -3.16. The molecule has 0 aromatic heterocycles. The Morgan fingerprint density at radius 2 is 2.12 bits per heavy atom. The molecule has 0 aliphatic carbocycles. The second-order valence-electron chi connectivity index (χ2n) is 4.88. The van der Waals surface area contributed by atoms with Gasteiger partial charge in [-0.25, -0.2) is 12.7 Å². The van der Waals surface area contributed by atoms with Crippen LogP contribution in [0.15, 0.2) is 0 Å². The van der Waals surface area contributed by atoms with Crippen LogP contribution in [0, 0.1) is 5.92 Å². The fourth-order valence-corrected chi connectivity index (χ4v) is 3.91. The topological polar surface area (TPSA) is 46.6 Å². The molecular formula is C11H22BrNO3S. The highest BCUT2D eigenvalue weighted by molar-refractivity contribution is 9.09. The van der Waals surface area contributed by atoms with Crippen molar-refractivity contribution in [2.24, 2.45) is 5.92 Å². The van der Waals surface area contributed by atoms with E-state index < -0.39 is 10.0 Å². The van der Waals surface area contributed by atoms with Crippen LogP contribution >= 0.6 is 15.9 Å². The van der Waals surface area contributed by atoms with Gasteiger partial charge in [0.05, 0.1) is 18.5 Å². The number of sulfonamides is 1. The molecular weight excluding hydrogens is 306 g/mol. The largest absolute Gasteiger partial charge is 0.378 e. The molecule has 1 rings (SSSR count). The number of alkyl halides is 1. The molecule has 1 heterocycles. The highest BCUT2D eigenvalue weighted by Crippen LogP contribution is 2.25. The molecule has 0 aromatic rings. The third-order valence-corrected chi connectivity index (χ3v) is 6.01. The zero-order chi connectivity index (χ0) is 13.1. The van der Waals surface area contributed by atoms with Crippen LogP contribution in [-0.2, 0) is 14.8 Å². The summed E-state index contributed by atoms with van der Waals surface area (Å²) in [6.07, 6.45) is 0.996. The van der Waals surface area contributed by atoms with Crippen LogP contribution in [0.1, 0.15) is 27.2 Å². The lowest BCUT2D eigenvalue weighted by molar-refractivity contribution is 0.0905. The number of rotatable bonds is 5. The molecule has 102 valence electrons. The van der Waals surface area contributed by atoms with Crippen molar-refractivity contribution in [1.29, 1.82) is 0 Å². The molecule has 1 aliphatic rings. The molecule has 1 aliphatic heterocycles. The normalized spacial score (nSPS) is 27.6. The fourth-order valence-electron chi connectivity index (χ4n) is 1.77. The average molecular weight is 328 g/mol. The van der Waals surface area contributed by atoms with Crippen molar-refractivity contribution in [3.63, 3.8) is 0 Å². The van der Waals surface area contributed by atoms with Crippen molar-refractivity contribution in [2.45, 2.75) is 38.1 Å². The Kier molecular flexibility index (Phi) is 5.89. The average Bonchev–Trinajstić information content (AvgIpc) is 2.21. The van der Waals surface area contributed by atoms with Crippen LogP contribution in [0.4, 0.5) is 0 Å². The quantitative estimate of drug-likeness (QED) is 0.724. The summed E-state index contributed by atoms with van der Waals surface area (Å²) in [5.41, 5.74) is 0. The Morgan fingerprint density at radius 1 is 1.47 bits per heavy atom. The standard InChI is InChI=1S/C11H22BrNO3S/c1-9(2)16-6-7-17(14,15)13-5-4-10(3)11(12)8-13/h9-11H,4-8H2,1-3H3. The van der Waals surface area contributed by atoms with Crippen molar-refractivity contribution in [3.05, 3.63) is 0 Å². The first kappa shape index (κ1) is 15.4. The van der Waals surface area contributed by atoms with E-state index in [-0.39, 0.29) is 23.3 Å². The predicted molar refractivity (Wildman–Crippen MR) is 72.9 cm³/mol. The fraction of sp³-hybridized carbons (Fsp3) is 1.00. The SMILES string of the molecule is CC(C)OCCS(=O)(=O)N1CCC(C)C(Br)C1. The summed E-state index contributed by atoms with van der Waals surface area (Å²) in [4.78, 5) is 0.261. The molecule has 0 N–H and O–H groups in total. The summed E-state index contributed by atoms with van der Waals surface area (Å²) >= 11 is 3.54. The molecule has 4 nitrogen and oxygen atoms in total. The number of hydrogen-bond acceptors (Lipinski definition) is 3. The van der Waals surface area contributed by atoms with Gasteiger partial charge in [-0.1, -0.05) is 22.9 Å². The van der Waals surface area contributed by atoms with E-state index in [0.29, 0.717) is 19.0 Å². The third-order valence-electron chi connectivity index (χ3n) is 3.02. The summed E-state index contributed by atoms with van der Waals surface area (Å²) in [6.45, 7) is 7.44. The molecule has 0 aromatic carbocycles. The maximum atomic E-state index is 12.0. The van der Waals surface area contributed by atoms with Crippen molar-refractivity contribution < 1.29 is 13.2 Å². The van der Waals surface area contributed by atoms with E-state index in [1.54, 1.807) is 4.31 Å². The van der Waals surface area contributed by atoms with E-state index in [9.17, 15) is 8.42 Å². The van der Waals surface area contributed by atoms with Gasteiger partial charge in [-0.05, 0) is 26.2 Å². The Balaban J connectivity index is 2.47. The zero-order valence-corrected chi connectivity index (χ0v) is 13.1. The first-order valence-corrected chi connectivity index (χ1v) is 8.59. The summed E-state index contributed by atoms with van der Waals surface area (Å²) in [6, 6.07) is 0. The van der Waals surface area contributed by atoms with E-state index in [0.717, 1.165) is 6.42 Å². The molecule has 6 heteroatoms. The molecule has 17 heavy (non-hydrogen) atoms. The molecule has 1 saturated heterocycles. The van der Waals surface area contributed by atoms with Crippen LogP contribution in [0.2, 0.25) is 0 Å². The van der Waals surface area contributed by atoms with Crippen LogP contribution in [0.3, 0.4) is 0 Å². The van der Waals surface area contributed by atoms with E-state index in [1.807, 2.05) is 13.8 Å². The Bertz CT molecular complexity index is 332. The Morgan fingerprint density at radius 3 is 2.65 bits per heavy atom. The third kappa shape index (κ3) is 4.85. The number of nitrogens with zero attached hydrogens (tertiary/aromatic N) is 1. The molecule has 1 fully saturated rings. The number of piperidine rings is 1. The van der Waals surface area contributed by atoms with Gasteiger partial charge >= 0.3 is 0 Å². The molecule has 0 bridgehead atoms. The minimum absolute atomic E-state index is 0.0792. The van der Waals surface area contributed by atoms with E-state index in [2.05, 4.69) is 22.9 Å². The van der Waals surface area contributed by atoms with Crippen LogP contribution < -0.4 is 0 Å². The van der Waals surface area contributed by atoms with Crippen molar-refractivity contribution in [2.75, 3.05) is 25.4 Å². The second kappa shape index (κ2) is 6.50. The number of halogens is 1. The second-order valence-corrected chi connectivity index (χ2v) is 8.14. The summed E-state index contributed by atoms with van der Waals surface area (Å²) in [7, 11) is -3.16. The Labute approximate surface area is 113 Å². The lowest BCUT2D eigenvalue weighted by Crippen LogP contribution is -2.45. The number of hydrogen-bond donors (Lipinski definition) is 0. The molecule has 2 unspecified atom stereocenters. The summed E-state index contributed by atoms with van der Waals surface area (Å²) < 4.78 is 31.0. The van der Waals surface area contributed by atoms with Gasteiger partial charge in [0.15, 0.2) is 0 Å². The monoisotopic (exact) mass is 327 g/mol. The molecule has 0 radical (unpaired) electrons. The number of ether oxygens (including phenoxy) is 1. The summed E-state index contributed by atoms with van der Waals surface area (Å²) in [5.74, 6) is 0.618. The summed E-state index contributed by atoms with van der Waals surface area (Å²) in [5, 5.41) is 0. The van der Waals surface area contributed by atoms with Crippen LogP contribution in [0.25, 0.3) is 0 Å². The van der Waals surface area contributed by atoms with Gasteiger partial charge in [-0.2, -0.15) is 0 Å². The highest BCUT2D eigenvalue weighted by Gasteiger charge is 2.31. The highest BCUT2D eigenvalue weighted by atomic mass is 79.9. The lowest BCUT2D eigenvalue weighted by atomic mass is 10.0. The smallest absolute Gasteiger partial charge is 0.216 e. The van der Waals surface area contributed by atoms with Gasteiger partial charge in [0.1, 0.15) is 0 Å². The Hall–Kier alpha value is 0.350. The van der Waals surface area contributed by atoms with Crippen LogP contribution in [0.5, 0.6) is 0 Å². The van der Waals surface area contributed by atoms with Gasteiger partial charge in [0.25, 0.3) is 0 Å². The maximum absolute atomic E-state index is 12.0. The van der Waals surface area contributed by atoms with Crippen molar-refractivity contribution in [3.8, 4) is 0 Å². The van der Waals surface area contributed by atoms with Crippen LogP contribution in [-0.4, -0.2) is 49.1 Å². The molecule has 2 atom stereocenters. The molecule has 0 saturated carbocycles. The lowest BCUT2D eigenvalue weighted by Gasteiger charge is -2.33. The maximum Gasteiger partial charge on any atom is 0.216 e. The molecule has 0 spiro atoms. The van der Waals surface area contributed by atoms with Gasteiger partial charge in [-0.3, -0.25) is 0 Å². The van der Waals surface area contributed by atoms with E-state index >= 15 is 0 Å². The van der Waals surface area contributed by atoms with Crippen molar-refractivity contribution >= 4 is 26.0 Å². The van der Waals surface area contributed by atoms with E-state index in [4.69, 9.17) is 4.74 Å². The van der Waals surface area contributed by atoms with Gasteiger partial charge in [0, 0.05) is 17.9 Å². The predicted octanol–water partition coefficient (Wildman–Crippen LogP) is 1.85.